The Morgan fingerprint density at radius 3 is 2.27 bits per heavy atom. The van der Waals surface area contributed by atoms with E-state index in [1.165, 1.54) is 4.31 Å². The van der Waals surface area contributed by atoms with Gasteiger partial charge in [0.15, 0.2) is 0 Å². The molecule has 0 aromatic heterocycles. The minimum atomic E-state index is -3.85. The first-order chi connectivity index (χ1) is 14.1. The summed E-state index contributed by atoms with van der Waals surface area (Å²) >= 11 is 0. The summed E-state index contributed by atoms with van der Waals surface area (Å²) in [4.78, 5) is 12.9. The summed E-state index contributed by atoms with van der Waals surface area (Å²) in [7, 11) is -2.29. The lowest BCUT2D eigenvalue weighted by Gasteiger charge is -2.25. The van der Waals surface area contributed by atoms with E-state index in [-0.39, 0.29) is 29.9 Å². The second-order valence-corrected chi connectivity index (χ2v) is 9.60. The number of ether oxygens (including phenoxy) is 1. The Labute approximate surface area is 180 Å². The average Bonchev–Trinajstić information content (AvgIpc) is 2.64. The van der Waals surface area contributed by atoms with Crippen molar-refractivity contribution in [2.75, 3.05) is 26.8 Å². The fraction of sp³-hybridized carbons (Fsp3) is 0.435. The Morgan fingerprint density at radius 1 is 1.10 bits per heavy atom. The van der Waals surface area contributed by atoms with E-state index in [1.807, 2.05) is 56.3 Å². The largest absolute Gasteiger partial charge is 0.383 e. The third kappa shape index (κ3) is 6.39. The predicted molar refractivity (Wildman–Crippen MR) is 119 cm³/mol. The number of rotatable bonds is 10. The van der Waals surface area contributed by atoms with Crippen LogP contribution in [0.5, 0.6) is 0 Å². The molecule has 0 aliphatic rings. The molecule has 0 unspecified atom stereocenters. The van der Waals surface area contributed by atoms with Crippen LogP contribution in [0.15, 0.2) is 47.4 Å². The number of methoxy groups -OCH3 is 1. The Balaban J connectivity index is 2.32. The van der Waals surface area contributed by atoms with Crippen LogP contribution in [-0.4, -0.2) is 51.5 Å². The first kappa shape index (κ1) is 24.1. The van der Waals surface area contributed by atoms with Crippen LogP contribution < -0.4 is 5.32 Å². The monoisotopic (exact) mass is 432 g/mol. The van der Waals surface area contributed by atoms with Gasteiger partial charge in [0.2, 0.25) is 15.9 Å². The number of carbonyl (C=O) groups is 1. The number of nitrogens with zero attached hydrogens (tertiary/aromatic N) is 1. The molecule has 0 aliphatic heterocycles. The van der Waals surface area contributed by atoms with E-state index in [0.717, 1.165) is 11.1 Å². The van der Waals surface area contributed by atoms with Crippen LogP contribution in [0.25, 0.3) is 0 Å². The van der Waals surface area contributed by atoms with E-state index >= 15 is 0 Å². The standard InChI is InChI=1S/C23H32N2O4S/c1-17-13-18(2)23(19(3)14-17)30(27,28)25(12-11-21-9-7-6-8-10-21)15-22(26)24-20(4)16-29-5/h6-10,13-14,20H,11-12,15-16H2,1-5H3,(H,24,26)/t20-/m1/s1. The van der Waals surface area contributed by atoms with Crippen LogP contribution in [0.1, 0.15) is 29.2 Å². The fourth-order valence-corrected chi connectivity index (χ4v) is 5.47. The van der Waals surface area contributed by atoms with Gasteiger partial charge in [-0.25, -0.2) is 8.42 Å². The smallest absolute Gasteiger partial charge is 0.244 e. The molecule has 0 saturated carbocycles. The highest BCUT2D eigenvalue weighted by molar-refractivity contribution is 7.89. The normalized spacial score (nSPS) is 12.7. The summed E-state index contributed by atoms with van der Waals surface area (Å²) in [5, 5.41) is 2.80. The molecule has 1 N–H and O–H groups in total. The maximum Gasteiger partial charge on any atom is 0.244 e. The van der Waals surface area contributed by atoms with E-state index < -0.39 is 10.0 Å². The van der Waals surface area contributed by atoms with Gasteiger partial charge in [-0.2, -0.15) is 4.31 Å². The summed E-state index contributed by atoms with van der Waals surface area (Å²) in [6, 6.07) is 13.2. The van der Waals surface area contributed by atoms with E-state index in [1.54, 1.807) is 21.0 Å². The van der Waals surface area contributed by atoms with Gasteiger partial charge in [0.05, 0.1) is 18.0 Å². The number of sulfonamides is 1. The van der Waals surface area contributed by atoms with Crippen molar-refractivity contribution in [3.05, 3.63) is 64.7 Å². The number of hydrogen-bond acceptors (Lipinski definition) is 4. The molecule has 7 heteroatoms. The Hall–Kier alpha value is -2.22. The number of amides is 1. The van der Waals surface area contributed by atoms with Crippen molar-refractivity contribution in [3.63, 3.8) is 0 Å². The summed E-state index contributed by atoms with van der Waals surface area (Å²) in [5.41, 5.74) is 3.39. The van der Waals surface area contributed by atoms with Crippen LogP contribution in [0.2, 0.25) is 0 Å². The third-order valence-corrected chi connectivity index (χ3v) is 6.99. The maximum atomic E-state index is 13.6. The van der Waals surface area contributed by atoms with Crippen LogP contribution in [-0.2, 0) is 26.0 Å². The van der Waals surface area contributed by atoms with Crippen molar-refractivity contribution in [1.82, 2.24) is 9.62 Å². The molecular formula is C23H32N2O4S. The molecule has 0 bridgehead atoms. The van der Waals surface area contributed by atoms with Crippen LogP contribution in [0.4, 0.5) is 0 Å². The van der Waals surface area contributed by atoms with E-state index in [4.69, 9.17) is 4.74 Å². The molecule has 1 amide bonds. The van der Waals surface area contributed by atoms with Crippen LogP contribution >= 0.6 is 0 Å². The highest BCUT2D eigenvalue weighted by Crippen LogP contribution is 2.25. The number of hydrogen-bond donors (Lipinski definition) is 1. The molecule has 1 atom stereocenters. The topological polar surface area (TPSA) is 75.7 Å². The highest BCUT2D eigenvalue weighted by Gasteiger charge is 2.29. The van der Waals surface area contributed by atoms with Gasteiger partial charge in [-0.05, 0) is 50.8 Å². The quantitative estimate of drug-likeness (QED) is 0.626. The second-order valence-electron chi connectivity index (χ2n) is 7.73. The molecule has 0 saturated heterocycles. The van der Waals surface area contributed by atoms with Gasteiger partial charge in [0.1, 0.15) is 0 Å². The van der Waals surface area contributed by atoms with Crippen molar-refractivity contribution in [2.24, 2.45) is 0 Å². The molecule has 0 radical (unpaired) electrons. The molecule has 0 spiro atoms. The number of benzene rings is 2. The molecule has 2 aromatic carbocycles. The summed E-state index contributed by atoms with van der Waals surface area (Å²) in [5.74, 6) is -0.349. The molecule has 164 valence electrons. The SMILES string of the molecule is COC[C@@H](C)NC(=O)CN(CCc1ccccc1)S(=O)(=O)c1c(C)cc(C)cc1C. The van der Waals surface area contributed by atoms with Crippen LogP contribution in [0.3, 0.4) is 0 Å². The van der Waals surface area contributed by atoms with Crippen LogP contribution in [0, 0.1) is 20.8 Å². The molecule has 2 aromatic rings. The summed E-state index contributed by atoms with van der Waals surface area (Å²) in [6.07, 6.45) is 0.519. The van der Waals surface area contributed by atoms with Crippen molar-refractivity contribution < 1.29 is 17.9 Å². The fourth-order valence-electron chi connectivity index (χ4n) is 3.66. The van der Waals surface area contributed by atoms with Gasteiger partial charge in [0, 0.05) is 19.7 Å². The first-order valence-corrected chi connectivity index (χ1v) is 11.5. The van der Waals surface area contributed by atoms with E-state index in [9.17, 15) is 13.2 Å². The lowest BCUT2D eigenvalue weighted by Crippen LogP contribution is -2.45. The maximum absolute atomic E-state index is 13.6. The van der Waals surface area contributed by atoms with Gasteiger partial charge in [-0.15, -0.1) is 0 Å². The van der Waals surface area contributed by atoms with Crippen molar-refractivity contribution >= 4 is 15.9 Å². The predicted octanol–water partition coefficient (Wildman–Crippen LogP) is 3.00. The molecule has 2 rings (SSSR count). The first-order valence-electron chi connectivity index (χ1n) is 10.1. The molecule has 30 heavy (non-hydrogen) atoms. The minimum absolute atomic E-state index is 0.205. The van der Waals surface area contributed by atoms with E-state index in [2.05, 4.69) is 5.32 Å². The average molecular weight is 433 g/mol. The molecule has 6 nitrogen and oxygen atoms in total. The van der Waals surface area contributed by atoms with Gasteiger partial charge in [-0.1, -0.05) is 48.0 Å². The van der Waals surface area contributed by atoms with Crippen molar-refractivity contribution in [2.45, 2.75) is 45.1 Å². The number of carbonyl (C=O) groups excluding carboxylic acids is 1. The van der Waals surface area contributed by atoms with Gasteiger partial charge in [0.25, 0.3) is 0 Å². The third-order valence-electron chi connectivity index (χ3n) is 4.84. The minimum Gasteiger partial charge on any atom is -0.383 e. The second kappa shape index (κ2) is 10.7. The Bertz CT molecular complexity index is 935. The molecule has 0 fully saturated rings. The zero-order chi connectivity index (χ0) is 22.3. The van der Waals surface area contributed by atoms with Gasteiger partial charge < -0.3 is 10.1 Å². The van der Waals surface area contributed by atoms with Gasteiger partial charge >= 0.3 is 0 Å². The highest BCUT2D eigenvalue weighted by atomic mass is 32.2. The van der Waals surface area contributed by atoms with Crippen molar-refractivity contribution in [3.8, 4) is 0 Å². The Morgan fingerprint density at radius 2 is 1.70 bits per heavy atom. The summed E-state index contributed by atoms with van der Waals surface area (Å²) < 4.78 is 33.5. The molecule has 0 heterocycles. The van der Waals surface area contributed by atoms with Gasteiger partial charge in [-0.3, -0.25) is 4.79 Å². The Kier molecular flexibility index (Phi) is 8.58. The van der Waals surface area contributed by atoms with E-state index in [0.29, 0.717) is 24.2 Å². The summed E-state index contributed by atoms with van der Waals surface area (Å²) in [6.45, 7) is 7.68. The zero-order valence-corrected chi connectivity index (χ0v) is 19.3. The zero-order valence-electron chi connectivity index (χ0n) is 18.4. The lowest BCUT2D eigenvalue weighted by atomic mass is 10.1. The number of nitrogens with one attached hydrogen (secondary N) is 1. The molecule has 0 aliphatic carbocycles. The molecular weight excluding hydrogens is 400 g/mol. The lowest BCUT2D eigenvalue weighted by molar-refractivity contribution is -0.122. The van der Waals surface area contributed by atoms with Crippen molar-refractivity contribution in [1.29, 1.82) is 0 Å². The number of aryl methyl sites for hydroxylation is 3.